The maximum absolute atomic E-state index is 12.8. The van der Waals surface area contributed by atoms with E-state index in [4.69, 9.17) is 11.6 Å². The summed E-state index contributed by atoms with van der Waals surface area (Å²) in [7, 11) is 0. The first-order valence-corrected chi connectivity index (χ1v) is 8.87. The molecule has 0 saturated carbocycles. The number of nitrogens with zero attached hydrogens (tertiary/aromatic N) is 1. The van der Waals surface area contributed by atoms with E-state index in [-0.39, 0.29) is 11.1 Å². The second-order valence-corrected chi connectivity index (χ2v) is 7.62. The molecule has 5 nitrogen and oxygen atoms in total. The zero-order valence-electron chi connectivity index (χ0n) is 15.9. The van der Waals surface area contributed by atoms with Crippen molar-refractivity contribution in [2.75, 3.05) is 5.32 Å². The highest BCUT2D eigenvalue weighted by molar-refractivity contribution is 6.39. The van der Waals surface area contributed by atoms with Gasteiger partial charge in [-0.3, -0.25) is 9.59 Å². The van der Waals surface area contributed by atoms with E-state index >= 15 is 0 Å². The van der Waals surface area contributed by atoms with E-state index in [1.807, 2.05) is 29.7 Å². The van der Waals surface area contributed by atoms with Crippen molar-refractivity contribution < 1.29 is 22.8 Å². The number of hydrazone groups is 1. The summed E-state index contributed by atoms with van der Waals surface area (Å²) in [6.45, 7) is 6.23. The van der Waals surface area contributed by atoms with Gasteiger partial charge in [-0.25, -0.2) is 5.43 Å². The number of carbonyl (C=O) groups excluding carboxylic acids is 2. The Labute approximate surface area is 170 Å². The molecule has 2 N–H and O–H groups in total. The first-order chi connectivity index (χ1) is 13.4. The van der Waals surface area contributed by atoms with Gasteiger partial charge in [-0.2, -0.15) is 18.3 Å². The van der Waals surface area contributed by atoms with Crippen molar-refractivity contribution in [3.63, 3.8) is 0 Å². The fourth-order valence-electron chi connectivity index (χ4n) is 2.29. The third-order valence-corrected chi connectivity index (χ3v) is 4.22. The Hall–Kier alpha value is -2.87. The zero-order valence-corrected chi connectivity index (χ0v) is 16.7. The maximum Gasteiger partial charge on any atom is 0.417 e. The van der Waals surface area contributed by atoms with Gasteiger partial charge in [0.1, 0.15) is 0 Å². The van der Waals surface area contributed by atoms with Crippen LogP contribution in [0.25, 0.3) is 0 Å². The average Bonchev–Trinajstić information content (AvgIpc) is 2.62. The van der Waals surface area contributed by atoms with Gasteiger partial charge in [0.25, 0.3) is 0 Å². The summed E-state index contributed by atoms with van der Waals surface area (Å²) in [6, 6.07) is 10.3. The first kappa shape index (κ1) is 22.4. The van der Waals surface area contributed by atoms with Crippen LogP contribution < -0.4 is 10.7 Å². The number of alkyl halides is 3. The van der Waals surface area contributed by atoms with E-state index in [0.29, 0.717) is 11.6 Å². The Bertz CT molecular complexity index is 933. The van der Waals surface area contributed by atoms with Gasteiger partial charge in [0, 0.05) is 5.69 Å². The minimum Gasteiger partial charge on any atom is -0.318 e. The van der Waals surface area contributed by atoms with Crippen LogP contribution in [0.15, 0.2) is 47.6 Å². The summed E-state index contributed by atoms with van der Waals surface area (Å²) < 4.78 is 38.5. The predicted molar refractivity (Wildman–Crippen MR) is 106 cm³/mol. The van der Waals surface area contributed by atoms with Crippen LogP contribution in [-0.4, -0.2) is 18.0 Å². The monoisotopic (exact) mass is 425 g/mol. The molecule has 0 radical (unpaired) electrons. The molecule has 2 aromatic carbocycles. The molecule has 0 spiro atoms. The number of hydrogen-bond acceptors (Lipinski definition) is 3. The highest BCUT2D eigenvalue weighted by Crippen LogP contribution is 2.36. The van der Waals surface area contributed by atoms with Crippen LogP contribution in [0.5, 0.6) is 0 Å². The molecular formula is C20H19ClF3N3O2. The van der Waals surface area contributed by atoms with E-state index in [9.17, 15) is 22.8 Å². The van der Waals surface area contributed by atoms with Crippen molar-refractivity contribution in [1.29, 1.82) is 0 Å². The first-order valence-electron chi connectivity index (χ1n) is 8.49. The molecule has 9 heteroatoms. The molecule has 0 bridgehead atoms. The van der Waals surface area contributed by atoms with Crippen LogP contribution in [0.2, 0.25) is 5.02 Å². The normalized spacial score (nSPS) is 12.1. The van der Waals surface area contributed by atoms with Gasteiger partial charge in [0.15, 0.2) is 0 Å². The Kier molecular flexibility index (Phi) is 6.69. The van der Waals surface area contributed by atoms with Crippen LogP contribution in [-0.2, 0) is 21.2 Å². The Morgan fingerprint density at radius 3 is 2.17 bits per heavy atom. The van der Waals surface area contributed by atoms with Crippen molar-refractivity contribution in [3.05, 3.63) is 64.2 Å². The van der Waals surface area contributed by atoms with Gasteiger partial charge in [-0.15, -0.1) is 0 Å². The lowest BCUT2D eigenvalue weighted by Gasteiger charge is -2.18. The summed E-state index contributed by atoms with van der Waals surface area (Å²) >= 11 is 5.51. The largest absolute Gasteiger partial charge is 0.417 e. The fourth-order valence-corrected chi connectivity index (χ4v) is 2.52. The molecule has 2 rings (SSSR count). The fraction of sp³-hybridized carbons (Fsp3) is 0.250. The molecule has 2 amide bonds. The molecule has 0 atom stereocenters. The van der Waals surface area contributed by atoms with Crippen LogP contribution in [0.4, 0.5) is 18.9 Å². The second kappa shape index (κ2) is 8.65. The van der Waals surface area contributed by atoms with Crippen LogP contribution in [0.1, 0.15) is 37.5 Å². The van der Waals surface area contributed by atoms with E-state index in [0.717, 1.165) is 17.7 Å². The van der Waals surface area contributed by atoms with E-state index in [1.54, 1.807) is 0 Å². The van der Waals surface area contributed by atoms with Crippen LogP contribution >= 0.6 is 11.6 Å². The third-order valence-electron chi connectivity index (χ3n) is 3.89. The van der Waals surface area contributed by atoms with Crippen LogP contribution in [0.3, 0.4) is 0 Å². The number of nitrogens with one attached hydrogen (secondary N) is 2. The van der Waals surface area contributed by atoms with E-state index in [1.165, 1.54) is 6.21 Å². The molecular weight excluding hydrogens is 407 g/mol. The molecule has 0 saturated heterocycles. The molecule has 29 heavy (non-hydrogen) atoms. The van der Waals surface area contributed by atoms with Crippen molar-refractivity contribution in [1.82, 2.24) is 5.43 Å². The molecule has 0 aliphatic carbocycles. The maximum atomic E-state index is 12.8. The number of hydrogen-bond donors (Lipinski definition) is 2. The van der Waals surface area contributed by atoms with Gasteiger partial charge in [-0.05, 0) is 34.7 Å². The SMILES string of the molecule is CC(C)(C)c1ccc(/C=N\NC(=O)C(=O)Nc2ccc(Cl)c(C(F)(F)F)c2)cc1. The Morgan fingerprint density at radius 1 is 1.00 bits per heavy atom. The van der Waals surface area contributed by atoms with Crippen molar-refractivity contribution in [2.45, 2.75) is 32.4 Å². The molecule has 0 aliphatic rings. The summed E-state index contributed by atoms with van der Waals surface area (Å²) in [6.07, 6.45) is -3.34. The number of carbonyl (C=O) groups is 2. The number of benzene rings is 2. The predicted octanol–water partition coefficient (Wildman–Crippen LogP) is 4.75. The van der Waals surface area contributed by atoms with Crippen molar-refractivity contribution in [2.24, 2.45) is 5.10 Å². The molecule has 0 aromatic heterocycles. The molecule has 154 valence electrons. The lowest BCUT2D eigenvalue weighted by Crippen LogP contribution is -2.32. The summed E-state index contributed by atoms with van der Waals surface area (Å²) in [4.78, 5) is 23.6. The molecule has 2 aromatic rings. The van der Waals surface area contributed by atoms with Crippen molar-refractivity contribution in [3.8, 4) is 0 Å². The lowest BCUT2D eigenvalue weighted by atomic mass is 9.87. The lowest BCUT2D eigenvalue weighted by molar-refractivity contribution is -0.137. The smallest absolute Gasteiger partial charge is 0.318 e. The molecule has 0 fully saturated rings. The second-order valence-electron chi connectivity index (χ2n) is 7.22. The third kappa shape index (κ3) is 6.32. The summed E-state index contributed by atoms with van der Waals surface area (Å²) in [5.41, 5.74) is 2.51. The molecule has 0 unspecified atom stereocenters. The quantitative estimate of drug-likeness (QED) is 0.423. The average molecular weight is 426 g/mol. The van der Waals surface area contributed by atoms with Gasteiger partial charge in [0.05, 0.1) is 16.8 Å². The molecule has 0 heterocycles. The highest BCUT2D eigenvalue weighted by Gasteiger charge is 2.33. The standard InChI is InChI=1S/C20H19ClF3N3O2/c1-19(2,3)13-6-4-12(5-7-13)11-25-27-18(29)17(28)26-14-8-9-16(21)15(10-14)20(22,23)24/h4-11H,1-3H3,(H,26,28)(H,27,29)/b25-11-. The number of halogens is 4. The van der Waals surface area contributed by atoms with E-state index in [2.05, 4.69) is 31.2 Å². The topological polar surface area (TPSA) is 70.6 Å². The Morgan fingerprint density at radius 2 is 1.62 bits per heavy atom. The Balaban J connectivity index is 1.98. The zero-order chi connectivity index (χ0) is 21.8. The van der Waals surface area contributed by atoms with Crippen molar-refractivity contribution >= 4 is 35.3 Å². The minimum absolute atomic E-state index is 0.00434. The number of amides is 2. The summed E-state index contributed by atoms with van der Waals surface area (Å²) in [5.74, 6) is -2.29. The highest BCUT2D eigenvalue weighted by atomic mass is 35.5. The van der Waals surface area contributed by atoms with Gasteiger partial charge >= 0.3 is 18.0 Å². The van der Waals surface area contributed by atoms with Crippen LogP contribution in [0, 0.1) is 0 Å². The summed E-state index contributed by atoms with van der Waals surface area (Å²) in [5, 5.41) is 5.24. The van der Waals surface area contributed by atoms with Gasteiger partial charge in [-0.1, -0.05) is 56.6 Å². The number of anilines is 1. The van der Waals surface area contributed by atoms with Gasteiger partial charge in [0.2, 0.25) is 0 Å². The van der Waals surface area contributed by atoms with Gasteiger partial charge < -0.3 is 5.32 Å². The minimum atomic E-state index is -4.69. The molecule has 0 aliphatic heterocycles. The van der Waals surface area contributed by atoms with E-state index < -0.39 is 28.6 Å². The number of rotatable bonds is 3.